The predicted octanol–water partition coefficient (Wildman–Crippen LogP) is 3.49. The third-order valence-corrected chi connectivity index (χ3v) is 3.12. The Bertz CT molecular complexity index is 137. The van der Waals surface area contributed by atoms with Crippen molar-refractivity contribution in [1.82, 2.24) is 0 Å². The first-order valence-corrected chi connectivity index (χ1v) is 7.74. The van der Waals surface area contributed by atoms with Crippen LogP contribution in [-0.2, 0) is 4.52 Å². The average Bonchev–Trinajstić information content (AvgIpc) is 2.25. The van der Waals surface area contributed by atoms with Gasteiger partial charge in [0.2, 0.25) is 0 Å². The van der Waals surface area contributed by atoms with Gasteiger partial charge in [-0.25, -0.2) is 0 Å². The van der Waals surface area contributed by atoms with E-state index in [1.165, 1.54) is 51.4 Å². The second-order valence-electron chi connectivity index (χ2n) is 4.27. The Kier molecular flexibility index (Phi) is 21.0. The van der Waals surface area contributed by atoms with Gasteiger partial charge in [0.1, 0.15) is 0 Å². The molecule has 0 spiro atoms. The van der Waals surface area contributed by atoms with E-state index in [0.29, 0.717) is 6.61 Å². The van der Waals surface area contributed by atoms with Crippen molar-refractivity contribution in [2.24, 2.45) is 0 Å². The summed E-state index contributed by atoms with van der Waals surface area (Å²) in [6.45, 7) is 2.72. The molecule has 0 saturated carbocycles. The molecule has 0 aromatic rings. The van der Waals surface area contributed by atoms with E-state index in [1.807, 2.05) is 0 Å². The molecule has 0 aliphatic rings. The Balaban J connectivity index is 0. The second-order valence-corrected chi connectivity index (χ2v) is 5.03. The Morgan fingerprint density at radius 3 is 1.59 bits per heavy atom. The van der Waals surface area contributed by atoms with Crippen LogP contribution in [0.1, 0.15) is 71.1 Å². The summed E-state index contributed by atoms with van der Waals surface area (Å²) < 4.78 is 4.69. The van der Waals surface area contributed by atoms with Gasteiger partial charge >= 0.3 is 38.2 Å². The number of hydrogen-bond donors (Lipinski definition) is 2. The Morgan fingerprint density at radius 2 is 1.18 bits per heavy atom. The molecular weight excluding hydrogens is 246 g/mol. The Hall–Kier alpha value is 1.31. The molecule has 0 heterocycles. The number of hydrogen-bond acceptors (Lipinski definition) is 3. The molecule has 0 aromatic carbocycles. The monoisotopic (exact) mass is 274 g/mol. The van der Waals surface area contributed by atoms with Crippen molar-refractivity contribution in [2.45, 2.75) is 71.1 Å². The van der Waals surface area contributed by atoms with Gasteiger partial charge in [-0.05, 0) is 6.42 Å². The Morgan fingerprint density at radius 1 is 0.765 bits per heavy atom. The average molecular weight is 274 g/mol. The fourth-order valence-corrected chi connectivity index (χ4v) is 2.03. The minimum atomic E-state index is -2.14. The molecular formula is C12H28NaO3P. The van der Waals surface area contributed by atoms with Gasteiger partial charge in [0.15, 0.2) is 0 Å². The standard InChI is InChI=1S/C12H27O3P.Na.H/c1-2-3-4-5-6-7-8-9-10-11-12-15-16(13)14;;/h13-14H,2-12H2,1H3;;. The van der Waals surface area contributed by atoms with E-state index in [9.17, 15) is 0 Å². The SMILES string of the molecule is CCCCCCCCCCCCOP(O)O.[NaH]. The van der Waals surface area contributed by atoms with Crippen LogP contribution in [-0.4, -0.2) is 46.0 Å². The van der Waals surface area contributed by atoms with Crippen molar-refractivity contribution < 1.29 is 14.3 Å². The first-order chi connectivity index (χ1) is 7.77. The second kappa shape index (κ2) is 17.3. The predicted molar refractivity (Wildman–Crippen MR) is 76.3 cm³/mol. The van der Waals surface area contributed by atoms with E-state index in [0.717, 1.165) is 12.8 Å². The molecule has 0 rings (SSSR count). The molecule has 0 radical (unpaired) electrons. The molecule has 3 nitrogen and oxygen atoms in total. The maximum atomic E-state index is 8.49. The van der Waals surface area contributed by atoms with E-state index >= 15 is 0 Å². The fraction of sp³-hybridized carbons (Fsp3) is 1.00. The van der Waals surface area contributed by atoms with Gasteiger partial charge < -0.3 is 14.3 Å². The van der Waals surface area contributed by atoms with Crippen LogP contribution in [0.3, 0.4) is 0 Å². The van der Waals surface area contributed by atoms with Crippen molar-refractivity contribution >= 4 is 38.2 Å². The van der Waals surface area contributed by atoms with E-state index in [4.69, 9.17) is 9.79 Å². The summed E-state index contributed by atoms with van der Waals surface area (Å²) in [5.74, 6) is 0. The molecule has 0 aromatic heterocycles. The molecule has 0 bridgehead atoms. The fourth-order valence-electron chi connectivity index (χ4n) is 1.74. The van der Waals surface area contributed by atoms with Gasteiger partial charge in [0, 0.05) is 0 Å². The summed E-state index contributed by atoms with van der Waals surface area (Å²) in [5, 5.41) is 0. The van der Waals surface area contributed by atoms with Crippen LogP contribution in [0.4, 0.5) is 0 Å². The quantitative estimate of drug-likeness (QED) is 0.325. The van der Waals surface area contributed by atoms with Crippen LogP contribution in [0.25, 0.3) is 0 Å². The summed E-state index contributed by atoms with van der Waals surface area (Å²) >= 11 is 0. The van der Waals surface area contributed by atoms with Crippen molar-refractivity contribution in [1.29, 1.82) is 0 Å². The van der Waals surface area contributed by atoms with Crippen molar-refractivity contribution in [2.75, 3.05) is 6.61 Å². The number of rotatable bonds is 12. The molecule has 17 heavy (non-hydrogen) atoms. The van der Waals surface area contributed by atoms with Gasteiger partial charge in [-0.2, -0.15) is 0 Å². The maximum absolute atomic E-state index is 8.49. The zero-order chi connectivity index (χ0) is 12.1. The zero-order valence-electron chi connectivity index (χ0n) is 10.5. The molecule has 5 heteroatoms. The van der Waals surface area contributed by atoms with E-state index in [1.54, 1.807) is 0 Å². The van der Waals surface area contributed by atoms with Gasteiger partial charge in [-0.3, -0.25) is 0 Å². The molecule has 0 unspecified atom stereocenters. The van der Waals surface area contributed by atoms with Gasteiger partial charge in [0.25, 0.3) is 0 Å². The van der Waals surface area contributed by atoms with Crippen LogP contribution >= 0.6 is 8.60 Å². The van der Waals surface area contributed by atoms with Crippen LogP contribution < -0.4 is 0 Å². The van der Waals surface area contributed by atoms with Gasteiger partial charge in [0.05, 0.1) is 6.61 Å². The normalized spacial score (nSPS) is 10.6. The summed E-state index contributed by atoms with van der Waals surface area (Å²) in [4.78, 5) is 17.0. The molecule has 2 N–H and O–H groups in total. The van der Waals surface area contributed by atoms with Crippen LogP contribution in [0, 0.1) is 0 Å². The zero-order valence-corrected chi connectivity index (χ0v) is 11.4. The van der Waals surface area contributed by atoms with Crippen molar-refractivity contribution in [3.63, 3.8) is 0 Å². The molecule has 0 aliphatic carbocycles. The van der Waals surface area contributed by atoms with E-state index < -0.39 is 8.60 Å². The first kappa shape index (κ1) is 20.6. The van der Waals surface area contributed by atoms with Gasteiger partial charge in [-0.15, -0.1) is 0 Å². The van der Waals surface area contributed by atoms with Crippen molar-refractivity contribution in [3.8, 4) is 0 Å². The van der Waals surface area contributed by atoms with Crippen LogP contribution in [0.5, 0.6) is 0 Å². The molecule has 0 saturated heterocycles. The Labute approximate surface area is 130 Å². The summed E-state index contributed by atoms with van der Waals surface area (Å²) in [6, 6.07) is 0. The van der Waals surface area contributed by atoms with Crippen molar-refractivity contribution in [3.05, 3.63) is 0 Å². The molecule has 100 valence electrons. The van der Waals surface area contributed by atoms with E-state index in [2.05, 4.69) is 11.4 Å². The molecule has 0 fully saturated rings. The molecule has 0 atom stereocenters. The minimum absolute atomic E-state index is 0. The summed E-state index contributed by atoms with van der Waals surface area (Å²) in [7, 11) is -2.14. The molecule has 0 aliphatic heterocycles. The third kappa shape index (κ3) is 19.8. The van der Waals surface area contributed by atoms with Crippen LogP contribution in [0.2, 0.25) is 0 Å². The molecule has 0 amide bonds. The topological polar surface area (TPSA) is 49.7 Å². The van der Waals surface area contributed by atoms with Gasteiger partial charge in [-0.1, -0.05) is 64.7 Å². The number of unbranched alkanes of at least 4 members (excludes halogenated alkanes) is 9. The van der Waals surface area contributed by atoms with Crippen LogP contribution in [0.15, 0.2) is 0 Å². The third-order valence-electron chi connectivity index (χ3n) is 2.70. The summed E-state index contributed by atoms with van der Waals surface area (Å²) in [6.07, 6.45) is 12.8. The first-order valence-electron chi connectivity index (χ1n) is 6.58. The summed E-state index contributed by atoms with van der Waals surface area (Å²) in [5.41, 5.74) is 0. The van der Waals surface area contributed by atoms with E-state index in [-0.39, 0.29) is 29.6 Å².